The van der Waals surface area contributed by atoms with Crippen LogP contribution in [-0.2, 0) is 6.54 Å². The van der Waals surface area contributed by atoms with Crippen LogP contribution in [0.5, 0.6) is 0 Å². The largest absolute Gasteiger partial charge is 0.310 e. The third kappa shape index (κ3) is 4.00. The van der Waals surface area contributed by atoms with E-state index in [1.807, 2.05) is 0 Å². The molecule has 1 fully saturated rings. The molecule has 0 spiro atoms. The molecule has 1 saturated carbocycles. The highest BCUT2D eigenvalue weighted by molar-refractivity contribution is 5.20. The molecule has 1 aliphatic rings. The van der Waals surface area contributed by atoms with Crippen LogP contribution in [0, 0.1) is 28.8 Å². The molecule has 0 amide bonds. The van der Waals surface area contributed by atoms with Crippen molar-refractivity contribution in [3.05, 3.63) is 35.1 Å². The van der Waals surface area contributed by atoms with Gasteiger partial charge in [-0.15, -0.1) is 0 Å². The van der Waals surface area contributed by atoms with Crippen molar-refractivity contribution in [1.82, 2.24) is 5.32 Å². The Morgan fingerprint density at radius 3 is 2.29 bits per heavy atom. The van der Waals surface area contributed by atoms with Gasteiger partial charge in [-0.25, -0.2) is 13.2 Å². The van der Waals surface area contributed by atoms with Gasteiger partial charge in [0.2, 0.25) is 0 Å². The highest BCUT2D eigenvalue weighted by Crippen LogP contribution is 2.38. The zero-order chi connectivity index (χ0) is 15.6. The van der Waals surface area contributed by atoms with Gasteiger partial charge < -0.3 is 5.32 Å². The minimum Gasteiger partial charge on any atom is -0.310 e. The monoisotopic (exact) mass is 299 g/mol. The summed E-state index contributed by atoms with van der Waals surface area (Å²) in [5.41, 5.74) is 0.372. The van der Waals surface area contributed by atoms with Crippen molar-refractivity contribution in [2.75, 3.05) is 0 Å². The van der Waals surface area contributed by atoms with E-state index in [0.29, 0.717) is 18.0 Å². The van der Waals surface area contributed by atoms with Crippen molar-refractivity contribution in [1.29, 1.82) is 0 Å². The molecule has 0 bridgehead atoms. The molecule has 0 aromatic heterocycles. The molecule has 0 heterocycles. The molecule has 1 aromatic carbocycles. The van der Waals surface area contributed by atoms with E-state index in [1.165, 1.54) is 6.42 Å². The summed E-state index contributed by atoms with van der Waals surface area (Å²) in [5.74, 6) is -2.31. The molecule has 21 heavy (non-hydrogen) atoms. The fraction of sp³-hybridized carbons (Fsp3) is 0.647. The van der Waals surface area contributed by atoms with E-state index in [9.17, 15) is 13.2 Å². The van der Waals surface area contributed by atoms with E-state index in [4.69, 9.17) is 0 Å². The lowest BCUT2D eigenvalue weighted by Gasteiger charge is -2.41. The minimum atomic E-state index is -1.14. The summed E-state index contributed by atoms with van der Waals surface area (Å²) >= 11 is 0. The molecule has 1 N–H and O–H groups in total. The van der Waals surface area contributed by atoms with Crippen molar-refractivity contribution in [3.63, 3.8) is 0 Å². The molecule has 118 valence electrons. The Labute approximate surface area is 124 Å². The fourth-order valence-corrected chi connectivity index (χ4v) is 3.35. The molecule has 1 nitrogen and oxygen atoms in total. The lowest BCUT2D eigenvalue weighted by atomic mass is 9.69. The van der Waals surface area contributed by atoms with E-state index in [1.54, 1.807) is 0 Å². The first-order valence-electron chi connectivity index (χ1n) is 7.66. The zero-order valence-corrected chi connectivity index (χ0v) is 13.0. The number of nitrogens with one attached hydrogen (secondary N) is 1. The van der Waals surface area contributed by atoms with Crippen molar-refractivity contribution in [3.8, 4) is 0 Å². The molecular formula is C17H24F3N. The van der Waals surface area contributed by atoms with Crippen LogP contribution in [0.15, 0.2) is 12.1 Å². The highest BCUT2D eigenvalue weighted by Gasteiger charge is 2.33. The molecule has 2 rings (SSSR count). The zero-order valence-electron chi connectivity index (χ0n) is 13.0. The van der Waals surface area contributed by atoms with Gasteiger partial charge in [-0.1, -0.05) is 33.6 Å². The number of hydrogen-bond acceptors (Lipinski definition) is 1. The molecule has 1 aromatic rings. The van der Waals surface area contributed by atoms with Crippen LogP contribution in [0.4, 0.5) is 13.2 Å². The van der Waals surface area contributed by atoms with Crippen molar-refractivity contribution >= 4 is 0 Å². The first-order chi connectivity index (χ1) is 9.79. The van der Waals surface area contributed by atoms with Gasteiger partial charge in [0, 0.05) is 24.2 Å². The second-order valence-electron chi connectivity index (χ2n) is 7.10. The number of rotatable bonds is 3. The van der Waals surface area contributed by atoms with Gasteiger partial charge in [0.25, 0.3) is 0 Å². The molecule has 4 heteroatoms. The van der Waals surface area contributed by atoms with Crippen LogP contribution < -0.4 is 5.32 Å². The van der Waals surface area contributed by atoms with E-state index in [-0.39, 0.29) is 17.5 Å². The van der Waals surface area contributed by atoms with Crippen molar-refractivity contribution in [2.45, 2.75) is 59.0 Å². The third-order valence-electron chi connectivity index (χ3n) is 4.52. The number of hydrogen-bond donors (Lipinski definition) is 1. The second kappa shape index (κ2) is 6.39. The Morgan fingerprint density at radius 2 is 1.62 bits per heavy atom. The average Bonchev–Trinajstić information content (AvgIpc) is 2.41. The first kappa shape index (κ1) is 16.3. The van der Waals surface area contributed by atoms with E-state index in [0.717, 1.165) is 25.3 Å². The van der Waals surface area contributed by atoms with Gasteiger partial charge in [-0.3, -0.25) is 0 Å². The Hall–Kier alpha value is -1.03. The number of benzene rings is 1. The van der Waals surface area contributed by atoms with Gasteiger partial charge in [0.1, 0.15) is 5.82 Å². The van der Waals surface area contributed by atoms with E-state index in [2.05, 4.69) is 26.1 Å². The summed E-state index contributed by atoms with van der Waals surface area (Å²) in [5, 5.41) is 3.35. The van der Waals surface area contributed by atoms with Crippen LogP contribution >= 0.6 is 0 Å². The Kier molecular flexibility index (Phi) is 4.97. The molecule has 0 saturated heterocycles. The summed E-state index contributed by atoms with van der Waals surface area (Å²) in [7, 11) is 0. The molecule has 2 atom stereocenters. The minimum absolute atomic E-state index is 0.185. The lowest BCUT2D eigenvalue weighted by molar-refractivity contribution is 0.130. The van der Waals surface area contributed by atoms with Gasteiger partial charge in [0.05, 0.1) is 0 Å². The van der Waals surface area contributed by atoms with Crippen LogP contribution in [0.2, 0.25) is 0 Å². The van der Waals surface area contributed by atoms with Crippen LogP contribution in [-0.4, -0.2) is 6.04 Å². The van der Waals surface area contributed by atoms with Gasteiger partial charge in [-0.05, 0) is 30.2 Å². The van der Waals surface area contributed by atoms with Crippen LogP contribution in [0.3, 0.4) is 0 Å². The van der Waals surface area contributed by atoms with Gasteiger partial charge >= 0.3 is 0 Å². The summed E-state index contributed by atoms with van der Waals surface area (Å²) in [6, 6.07) is 1.87. The second-order valence-corrected chi connectivity index (χ2v) is 7.10. The number of halogens is 3. The van der Waals surface area contributed by atoms with Crippen LogP contribution in [0.1, 0.15) is 52.0 Å². The molecule has 1 aliphatic carbocycles. The average molecular weight is 299 g/mol. The lowest BCUT2D eigenvalue weighted by Crippen LogP contribution is -2.44. The topological polar surface area (TPSA) is 12.0 Å². The van der Waals surface area contributed by atoms with Gasteiger partial charge in [-0.2, -0.15) is 0 Å². The maximum Gasteiger partial charge on any atom is 0.161 e. The molecule has 0 aliphatic heterocycles. The Balaban J connectivity index is 2.06. The normalized spacial score (nSPS) is 23.3. The predicted octanol–water partition coefficient (Wildman–Crippen LogP) is 4.80. The third-order valence-corrected chi connectivity index (χ3v) is 4.52. The smallest absolute Gasteiger partial charge is 0.161 e. The van der Waals surface area contributed by atoms with E-state index >= 15 is 0 Å². The maximum atomic E-state index is 13.7. The quantitative estimate of drug-likeness (QED) is 0.791. The summed E-state index contributed by atoms with van der Waals surface area (Å²) in [4.78, 5) is 0. The Bertz CT molecular complexity index is 494. The molecule has 0 radical (unpaired) electrons. The molecule has 2 unspecified atom stereocenters. The predicted molar refractivity (Wildman–Crippen MR) is 78.4 cm³/mol. The first-order valence-corrected chi connectivity index (χ1v) is 7.66. The van der Waals surface area contributed by atoms with Gasteiger partial charge in [0.15, 0.2) is 11.6 Å². The van der Waals surface area contributed by atoms with Crippen molar-refractivity contribution in [2.24, 2.45) is 11.3 Å². The molecular weight excluding hydrogens is 275 g/mol. The van der Waals surface area contributed by atoms with Crippen LogP contribution in [0.25, 0.3) is 0 Å². The fourth-order valence-electron chi connectivity index (χ4n) is 3.35. The van der Waals surface area contributed by atoms with E-state index < -0.39 is 17.5 Å². The highest BCUT2D eigenvalue weighted by atomic mass is 19.2. The van der Waals surface area contributed by atoms with Crippen molar-refractivity contribution < 1.29 is 13.2 Å². The Morgan fingerprint density at radius 1 is 1.00 bits per heavy atom. The maximum absolute atomic E-state index is 13.7. The summed E-state index contributed by atoms with van der Waals surface area (Å²) in [6.07, 6.45) is 4.58. The summed E-state index contributed by atoms with van der Waals surface area (Å²) in [6.45, 7) is 6.89. The standard InChI is InChI=1S/C17H24F3N/c1-17(2,3)12-6-4-5-7-16(12)21-10-11-8-14(19)15(20)9-13(11)18/h8-9,12,16,21H,4-7,10H2,1-3H3. The SMILES string of the molecule is CC(C)(C)C1CCCCC1NCc1cc(F)c(F)cc1F. The summed E-state index contributed by atoms with van der Waals surface area (Å²) < 4.78 is 39.8.